The molecule has 0 aliphatic heterocycles. The second kappa shape index (κ2) is 13.1. The fraction of sp³-hybridized carbons (Fsp3) is 0.857. The number of ether oxygens (including phenoxy) is 1. The molecule has 2 nitrogen and oxygen atoms in total. The number of carbonyl (C=O) groups is 1. The fourth-order valence-corrected chi connectivity index (χ4v) is 3.48. The van der Waals surface area contributed by atoms with Crippen molar-refractivity contribution in [1.29, 1.82) is 0 Å². The van der Waals surface area contributed by atoms with E-state index in [0.717, 1.165) is 0 Å². The van der Waals surface area contributed by atoms with E-state index in [-0.39, 0.29) is 6.92 Å². The van der Waals surface area contributed by atoms with Crippen LogP contribution >= 0.6 is 0 Å². The van der Waals surface area contributed by atoms with Crippen molar-refractivity contribution in [3.8, 4) is 0 Å². The predicted molar refractivity (Wildman–Crippen MR) is 105 cm³/mol. The quantitative estimate of drug-likeness (QED) is 0.0931. The Bertz CT molecular complexity index is 1380. The Hall–Kier alpha value is -2.89. The molecule has 0 aliphatic carbocycles. The summed E-state index contributed by atoms with van der Waals surface area (Å²) < 4.78 is 412. The second-order valence-electron chi connectivity index (χ2n) is 9.82. The maximum atomic E-state index is 14.9. The summed E-state index contributed by atoms with van der Waals surface area (Å²) >= 11 is 0. The lowest BCUT2D eigenvalue weighted by atomic mass is 9.82. The molecule has 0 aromatic carbocycles. The smallest absolute Gasteiger partial charge is 0.460 e. The Morgan fingerprint density at radius 2 is 0.585 bits per heavy atom. The summed E-state index contributed by atoms with van der Waals surface area (Å²) in [4.78, 5) is 11.9. The first-order chi connectivity index (χ1) is 22.6. The van der Waals surface area contributed by atoms with Gasteiger partial charge < -0.3 is 4.74 Å². The standard InChI is InChI=1S/C21H10F30O2/c1-3-5(6(7(52)53-4-2)9(24,25)11(28,29)13(32,33)16(38,39)18(42,43)20(46,47)48)8(22,23)10(26,27)12(30,31)14(34,35)15(36,37)17(40,41)19(44,45)21(49,50)51/h3-4H2,1-2H3. The van der Waals surface area contributed by atoms with E-state index >= 15 is 0 Å². The van der Waals surface area contributed by atoms with Crippen molar-refractivity contribution in [3.63, 3.8) is 0 Å². The zero-order valence-electron chi connectivity index (χ0n) is 24.1. The molecular formula is C21H10F30O2. The Labute approximate surface area is 270 Å². The van der Waals surface area contributed by atoms with Gasteiger partial charge in [-0.25, -0.2) is 4.79 Å². The number of allylic oxidation sites excluding steroid dienone is 1. The molecule has 32 heteroatoms. The summed E-state index contributed by atoms with van der Waals surface area (Å²) in [6.07, 6.45) is -19.6. The number of hydrogen-bond acceptors (Lipinski definition) is 2. The highest BCUT2D eigenvalue weighted by molar-refractivity contribution is 5.92. The summed E-state index contributed by atoms with van der Waals surface area (Å²) in [5, 5.41) is 0. The summed E-state index contributed by atoms with van der Waals surface area (Å²) in [5.74, 6) is -112. The molecule has 0 rings (SSSR count). The Morgan fingerprint density at radius 1 is 0.358 bits per heavy atom. The molecule has 0 saturated heterocycles. The first-order valence-electron chi connectivity index (χ1n) is 12.1. The number of alkyl halides is 30. The van der Waals surface area contributed by atoms with E-state index in [1.165, 1.54) is 0 Å². The molecule has 0 radical (unpaired) electrons. The maximum Gasteiger partial charge on any atom is 0.460 e. The normalized spacial score (nSPS) is 16.8. The predicted octanol–water partition coefficient (Wildman–Crippen LogP) is 11.0. The Kier molecular flexibility index (Phi) is 12.4. The second-order valence-corrected chi connectivity index (χ2v) is 9.82. The van der Waals surface area contributed by atoms with Crippen LogP contribution in [0.25, 0.3) is 0 Å². The molecule has 0 aliphatic rings. The van der Waals surface area contributed by atoms with Gasteiger partial charge in [0.2, 0.25) is 0 Å². The Morgan fingerprint density at radius 3 is 0.811 bits per heavy atom. The maximum absolute atomic E-state index is 14.9. The van der Waals surface area contributed by atoms with Gasteiger partial charge >= 0.3 is 89.4 Å². The fourth-order valence-electron chi connectivity index (χ4n) is 3.48. The van der Waals surface area contributed by atoms with Gasteiger partial charge in [-0.05, 0) is 13.3 Å². The van der Waals surface area contributed by atoms with E-state index in [4.69, 9.17) is 0 Å². The van der Waals surface area contributed by atoms with Gasteiger partial charge in [-0.1, -0.05) is 6.92 Å². The van der Waals surface area contributed by atoms with Crippen LogP contribution in [-0.2, 0) is 9.53 Å². The SMILES string of the molecule is CCOC(=O)C(=C(CC)C(F)(F)C(F)(F)C(F)(F)C(F)(F)C(F)(F)C(F)(F)C(F)(F)C(F)(F)F)C(F)(F)C(F)(F)C(F)(F)C(F)(F)C(F)(F)C(F)(F)F. The summed E-state index contributed by atoms with van der Waals surface area (Å²) in [5.41, 5.74) is -9.60. The van der Waals surface area contributed by atoms with Crippen LogP contribution in [0.2, 0.25) is 0 Å². The van der Waals surface area contributed by atoms with Gasteiger partial charge in [-0.15, -0.1) is 0 Å². The molecule has 0 spiro atoms. The van der Waals surface area contributed by atoms with Crippen LogP contribution in [0.3, 0.4) is 0 Å². The lowest BCUT2D eigenvalue weighted by molar-refractivity contribution is -0.460. The molecule has 0 saturated carbocycles. The summed E-state index contributed by atoms with van der Waals surface area (Å²) in [6.45, 7) is -2.35. The average molecular weight is 864 g/mol. The van der Waals surface area contributed by atoms with Gasteiger partial charge in [0.05, 0.1) is 6.61 Å². The first kappa shape index (κ1) is 50.1. The van der Waals surface area contributed by atoms with Crippen LogP contribution in [0.15, 0.2) is 11.1 Å². The van der Waals surface area contributed by atoms with Gasteiger partial charge in [-0.3, -0.25) is 0 Å². The van der Waals surface area contributed by atoms with E-state index in [1.54, 1.807) is 0 Å². The van der Waals surface area contributed by atoms with Crippen molar-refractivity contribution >= 4 is 5.97 Å². The van der Waals surface area contributed by atoms with Gasteiger partial charge in [0.25, 0.3) is 0 Å². The highest BCUT2D eigenvalue weighted by atomic mass is 19.4. The first-order valence-corrected chi connectivity index (χ1v) is 12.1. The third kappa shape index (κ3) is 6.44. The number of carbonyl (C=O) groups excluding carboxylic acids is 1. The topological polar surface area (TPSA) is 26.3 Å². The van der Waals surface area contributed by atoms with Gasteiger partial charge in [0.1, 0.15) is 5.57 Å². The highest BCUT2D eigenvalue weighted by Gasteiger charge is 2.96. The number of halogens is 30. The zero-order chi connectivity index (χ0) is 43.9. The van der Waals surface area contributed by atoms with Gasteiger partial charge in [-0.2, -0.15) is 132 Å². The van der Waals surface area contributed by atoms with Crippen LogP contribution in [0.4, 0.5) is 132 Å². The van der Waals surface area contributed by atoms with Crippen LogP contribution in [-0.4, -0.2) is 96.0 Å². The van der Waals surface area contributed by atoms with Crippen molar-refractivity contribution in [3.05, 3.63) is 11.1 Å². The van der Waals surface area contributed by atoms with Crippen LogP contribution in [0, 0.1) is 0 Å². The number of hydrogen-bond donors (Lipinski definition) is 0. The molecule has 0 aromatic heterocycles. The molecule has 0 heterocycles. The lowest BCUT2D eigenvalue weighted by Gasteiger charge is -2.43. The number of esters is 1. The van der Waals surface area contributed by atoms with Gasteiger partial charge in [0, 0.05) is 5.57 Å². The largest absolute Gasteiger partial charge is 0.462 e. The third-order valence-corrected chi connectivity index (χ3v) is 6.48. The van der Waals surface area contributed by atoms with Gasteiger partial charge in [0.15, 0.2) is 0 Å². The van der Waals surface area contributed by atoms with Crippen molar-refractivity contribution in [1.82, 2.24) is 0 Å². The minimum Gasteiger partial charge on any atom is -0.462 e. The van der Waals surface area contributed by atoms with Crippen LogP contribution in [0.1, 0.15) is 20.3 Å². The van der Waals surface area contributed by atoms with Crippen molar-refractivity contribution < 1.29 is 141 Å². The average Bonchev–Trinajstić information content (AvgIpc) is 2.93. The molecule has 0 amide bonds. The molecule has 0 unspecified atom stereocenters. The molecule has 0 atom stereocenters. The molecule has 0 N–H and O–H groups in total. The van der Waals surface area contributed by atoms with Crippen molar-refractivity contribution in [2.24, 2.45) is 0 Å². The van der Waals surface area contributed by atoms with Crippen molar-refractivity contribution in [2.45, 2.75) is 104 Å². The lowest BCUT2D eigenvalue weighted by Crippen LogP contribution is -2.74. The van der Waals surface area contributed by atoms with E-state index in [2.05, 4.69) is 4.74 Å². The zero-order valence-corrected chi connectivity index (χ0v) is 24.1. The minimum atomic E-state index is -9.49. The van der Waals surface area contributed by atoms with E-state index < -0.39 is 120 Å². The van der Waals surface area contributed by atoms with Crippen LogP contribution < -0.4 is 0 Å². The van der Waals surface area contributed by atoms with E-state index in [9.17, 15) is 137 Å². The Balaban J connectivity index is 8.34. The molecule has 53 heavy (non-hydrogen) atoms. The number of rotatable bonds is 15. The summed E-state index contributed by atoms with van der Waals surface area (Å²) in [7, 11) is 0. The van der Waals surface area contributed by atoms with E-state index in [1.807, 2.05) is 0 Å². The molecule has 0 aromatic rings. The molecule has 316 valence electrons. The molecular weight excluding hydrogens is 854 g/mol. The molecule has 0 bridgehead atoms. The van der Waals surface area contributed by atoms with Crippen molar-refractivity contribution in [2.75, 3.05) is 6.61 Å². The van der Waals surface area contributed by atoms with E-state index in [0.29, 0.717) is 0 Å². The molecule has 0 fully saturated rings. The van der Waals surface area contributed by atoms with Crippen LogP contribution in [0.5, 0.6) is 0 Å². The monoisotopic (exact) mass is 864 g/mol. The highest BCUT2D eigenvalue weighted by Crippen LogP contribution is 2.66. The summed E-state index contributed by atoms with van der Waals surface area (Å²) in [6, 6.07) is 0. The minimum absolute atomic E-state index is 0.171. The third-order valence-electron chi connectivity index (χ3n) is 6.48.